The van der Waals surface area contributed by atoms with E-state index in [9.17, 15) is 14.9 Å². The first-order valence-electron chi connectivity index (χ1n) is 13.1. The number of hydrazone groups is 1. The number of nitro groups is 1. The van der Waals surface area contributed by atoms with Gasteiger partial charge in [-0.05, 0) is 78.4 Å². The molecule has 1 fully saturated rings. The molecule has 3 aromatic rings. The van der Waals surface area contributed by atoms with Gasteiger partial charge in [0, 0.05) is 63.2 Å². The van der Waals surface area contributed by atoms with E-state index < -0.39 is 4.92 Å². The molecule has 5 rings (SSSR count). The molecule has 0 radical (unpaired) electrons. The zero-order valence-electron chi connectivity index (χ0n) is 22.7. The van der Waals surface area contributed by atoms with Crippen molar-refractivity contribution in [2.75, 3.05) is 38.0 Å². The Bertz CT molecular complexity index is 1420. The molecule has 1 saturated carbocycles. The van der Waals surface area contributed by atoms with Gasteiger partial charge in [0.15, 0.2) is 0 Å². The van der Waals surface area contributed by atoms with Crippen molar-refractivity contribution in [1.82, 2.24) is 5.01 Å². The minimum atomic E-state index is -0.462. The number of nitro benzene ring substituents is 1. The van der Waals surface area contributed by atoms with Crippen molar-refractivity contribution >= 4 is 34.8 Å². The molecule has 8 nitrogen and oxygen atoms in total. The minimum Gasteiger partial charge on any atom is -0.378 e. The van der Waals surface area contributed by atoms with Crippen LogP contribution in [0.5, 0.6) is 0 Å². The van der Waals surface area contributed by atoms with Crippen LogP contribution in [-0.4, -0.2) is 49.7 Å². The van der Waals surface area contributed by atoms with Crippen LogP contribution in [0.3, 0.4) is 0 Å². The number of amides is 1. The second-order valence-corrected chi connectivity index (χ2v) is 10.5. The quantitative estimate of drug-likeness (QED) is 0.285. The van der Waals surface area contributed by atoms with E-state index in [1.165, 1.54) is 24.3 Å². The van der Waals surface area contributed by atoms with Crippen molar-refractivity contribution in [2.24, 2.45) is 11.0 Å². The summed E-state index contributed by atoms with van der Waals surface area (Å²) in [5, 5.41) is 17.7. The summed E-state index contributed by atoms with van der Waals surface area (Å²) in [6.07, 6.45) is 5.03. The molecule has 0 saturated heterocycles. The van der Waals surface area contributed by atoms with E-state index in [2.05, 4.69) is 59.5 Å². The highest BCUT2D eigenvalue weighted by atomic mass is 16.6. The first-order chi connectivity index (χ1) is 18.7. The van der Waals surface area contributed by atoms with E-state index in [1.807, 2.05) is 33.1 Å². The van der Waals surface area contributed by atoms with Gasteiger partial charge in [0.05, 0.1) is 16.7 Å². The van der Waals surface area contributed by atoms with Crippen LogP contribution in [0.25, 0.3) is 6.08 Å². The van der Waals surface area contributed by atoms with Gasteiger partial charge in [-0.2, -0.15) is 5.10 Å². The molecular formula is C31H33N5O3. The number of anilines is 2. The summed E-state index contributed by atoms with van der Waals surface area (Å²) in [6.45, 7) is 0. The van der Waals surface area contributed by atoms with Crippen molar-refractivity contribution < 1.29 is 9.72 Å². The fourth-order valence-electron chi connectivity index (χ4n) is 5.40. The van der Waals surface area contributed by atoms with Gasteiger partial charge in [-0.15, -0.1) is 0 Å². The van der Waals surface area contributed by atoms with Crippen LogP contribution in [0.1, 0.15) is 46.8 Å². The Morgan fingerprint density at radius 2 is 1.51 bits per heavy atom. The number of carbonyl (C=O) groups excluding carboxylic acids is 1. The second kappa shape index (κ2) is 10.7. The van der Waals surface area contributed by atoms with Crippen LogP contribution in [-0.2, 0) is 0 Å². The molecular weight excluding hydrogens is 490 g/mol. The number of hydrogen-bond acceptors (Lipinski definition) is 6. The highest BCUT2D eigenvalue weighted by molar-refractivity contribution is 6.09. The lowest BCUT2D eigenvalue weighted by Gasteiger charge is -2.30. The van der Waals surface area contributed by atoms with Gasteiger partial charge in [0.1, 0.15) is 0 Å². The molecule has 2 atom stereocenters. The number of benzene rings is 3. The standard InChI is InChI=1S/C31H33N5O3/c1-33(2)25-14-8-21(9-15-25)20-24-6-5-7-28-29(24)32-35(30(28)22-10-16-26(17-11-22)34(3)4)31(37)23-12-18-27(19-13-23)36(38)39/h8-20,28,30H,5-7H2,1-4H3/b24-20+/t28-,30-/m0/s1. The highest BCUT2D eigenvalue weighted by Gasteiger charge is 2.44. The predicted molar refractivity (Wildman–Crippen MR) is 156 cm³/mol. The smallest absolute Gasteiger partial charge is 0.274 e. The van der Waals surface area contributed by atoms with Gasteiger partial charge in [0.25, 0.3) is 11.6 Å². The van der Waals surface area contributed by atoms with Gasteiger partial charge in [-0.25, -0.2) is 5.01 Å². The van der Waals surface area contributed by atoms with Crippen LogP contribution in [0.4, 0.5) is 17.1 Å². The van der Waals surface area contributed by atoms with Gasteiger partial charge in [0.2, 0.25) is 0 Å². The van der Waals surface area contributed by atoms with Gasteiger partial charge in [-0.1, -0.05) is 24.3 Å². The van der Waals surface area contributed by atoms with Crippen LogP contribution in [0, 0.1) is 16.0 Å². The Kier molecular flexibility index (Phi) is 7.19. The van der Waals surface area contributed by atoms with E-state index in [4.69, 9.17) is 5.10 Å². The van der Waals surface area contributed by atoms with Crippen molar-refractivity contribution in [1.29, 1.82) is 0 Å². The molecule has 0 spiro atoms. The number of allylic oxidation sites excluding steroid dienone is 1. The van der Waals surface area contributed by atoms with Gasteiger partial charge < -0.3 is 9.80 Å². The number of fused-ring (bicyclic) bond motifs is 1. The van der Waals surface area contributed by atoms with Gasteiger partial charge >= 0.3 is 0 Å². The third-order valence-corrected chi connectivity index (χ3v) is 7.54. The molecule has 0 bridgehead atoms. The molecule has 3 aromatic carbocycles. The van der Waals surface area contributed by atoms with E-state index >= 15 is 0 Å². The summed E-state index contributed by atoms with van der Waals surface area (Å²) < 4.78 is 0. The first-order valence-corrected chi connectivity index (χ1v) is 13.1. The Balaban J connectivity index is 1.54. The molecule has 200 valence electrons. The molecule has 0 aromatic heterocycles. The van der Waals surface area contributed by atoms with Crippen LogP contribution in [0.2, 0.25) is 0 Å². The van der Waals surface area contributed by atoms with Crippen LogP contribution < -0.4 is 9.80 Å². The summed E-state index contributed by atoms with van der Waals surface area (Å²) in [5.41, 5.74) is 6.78. The number of nitrogens with zero attached hydrogens (tertiary/aromatic N) is 5. The van der Waals surface area contributed by atoms with Crippen LogP contribution in [0.15, 0.2) is 83.5 Å². The van der Waals surface area contributed by atoms with Crippen molar-refractivity contribution in [3.63, 3.8) is 0 Å². The molecule has 1 aliphatic carbocycles. The SMILES string of the molecule is CN(C)c1ccc(/C=C2\CCC[C@H]3C2=NN(C(=O)c2ccc([N+](=O)[O-])cc2)[C@H]3c2ccc(N(C)C)cc2)cc1. The normalized spacial score (nSPS) is 19.4. The molecule has 39 heavy (non-hydrogen) atoms. The largest absolute Gasteiger partial charge is 0.378 e. The maximum atomic E-state index is 13.8. The lowest BCUT2D eigenvalue weighted by Crippen LogP contribution is -2.32. The highest BCUT2D eigenvalue weighted by Crippen LogP contribution is 2.45. The van der Waals surface area contributed by atoms with Crippen LogP contribution >= 0.6 is 0 Å². The van der Waals surface area contributed by atoms with Crippen molar-refractivity contribution in [2.45, 2.75) is 25.3 Å². The summed E-state index contributed by atoms with van der Waals surface area (Å²) in [4.78, 5) is 28.6. The monoisotopic (exact) mass is 523 g/mol. The Hall–Kier alpha value is -4.46. The number of hydrogen-bond donors (Lipinski definition) is 0. The number of non-ortho nitro benzene ring substituents is 1. The van der Waals surface area contributed by atoms with E-state index in [0.29, 0.717) is 5.56 Å². The lowest BCUT2D eigenvalue weighted by atomic mass is 9.77. The predicted octanol–water partition coefficient (Wildman–Crippen LogP) is 6.16. The number of rotatable bonds is 6. The average Bonchev–Trinajstić information content (AvgIpc) is 3.33. The Morgan fingerprint density at radius 1 is 0.923 bits per heavy atom. The Morgan fingerprint density at radius 3 is 2.08 bits per heavy atom. The number of carbonyl (C=O) groups is 1. The molecule has 8 heteroatoms. The molecule has 1 heterocycles. The fraction of sp³-hybridized carbons (Fsp3) is 0.290. The third-order valence-electron chi connectivity index (χ3n) is 7.54. The third kappa shape index (κ3) is 5.27. The summed E-state index contributed by atoms with van der Waals surface area (Å²) in [7, 11) is 8.04. The maximum Gasteiger partial charge on any atom is 0.274 e. The Labute approximate surface area is 229 Å². The zero-order valence-corrected chi connectivity index (χ0v) is 22.7. The topological polar surface area (TPSA) is 82.3 Å². The minimum absolute atomic E-state index is 0.0470. The molecule has 1 aliphatic heterocycles. The molecule has 2 aliphatic rings. The van der Waals surface area contributed by atoms with E-state index in [0.717, 1.165) is 53.0 Å². The van der Waals surface area contributed by atoms with Crippen molar-refractivity contribution in [3.05, 3.63) is 105 Å². The maximum absolute atomic E-state index is 13.8. The summed E-state index contributed by atoms with van der Waals surface area (Å²) >= 11 is 0. The first kappa shape index (κ1) is 26.2. The molecule has 0 N–H and O–H groups in total. The van der Waals surface area contributed by atoms with E-state index in [1.54, 1.807) is 5.01 Å². The summed E-state index contributed by atoms with van der Waals surface area (Å²) in [5.74, 6) is -0.193. The average molecular weight is 524 g/mol. The summed E-state index contributed by atoms with van der Waals surface area (Å²) in [6, 6.07) is 22.2. The second-order valence-electron chi connectivity index (χ2n) is 10.5. The molecule has 1 amide bonds. The van der Waals surface area contributed by atoms with Crippen molar-refractivity contribution in [3.8, 4) is 0 Å². The fourth-order valence-corrected chi connectivity index (χ4v) is 5.40. The molecule has 0 unspecified atom stereocenters. The zero-order chi connectivity index (χ0) is 27.7. The lowest BCUT2D eigenvalue weighted by molar-refractivity contribution is -0.384. The van der Waals surface area contributed by atoms with Gasteiger partial charge in [-0.3, -0.25) is 14.9 Å². The van der Waals surface area contributed by atoms with E-state index in [-0.39, 0.29) is 23.6 Å².